The van der Waals surface area contributed by atoms with Crippen LogP contribution in [0.1, 0.15) is 41.3 Å². The lowest BCUT2D eigenvalue weighted by Gasteiger charge is -2.11. The number of benzene rings is 1. The van der Waals surface area contributed by atoms with Gasteiger partial charge in [-0.25, -0.2) is 0 Å². The van der Waals surface area contributed by atoms with E-state index >= 15 is 0 Å². The fraction of sp³-hybridized carbons (Fsp3) is 0.438. The average molecular weight is 333 g/mol. The Bertz CT molecular complexity index is 694. The lowest BCUT2D eigenvalue weighted by atomic mass is 10.0. The SMILES string of the molecule is Cc1ccc(C)c(C(=O)[C@@H](C)Sc2nnc(NC3CC3)s2)c1. The van der Waals surface area contributed by atoms with Crippen molar-refractivity contribution in [3.8, 4) is 0 Å². The molecule has 1 aliphatic rings. The van der Waals surface area contributed by atoms with Gasteiger partial charge in [0, 0.05) is 11.6 Å². The second kappa shape index (κ2) is 6.38. The molecule has 1 aromatic heterocycles. The van der Waals surface area contributed by atoms with Gasteiger partial charge in [0.25, 0.3) is 0 Å². The molecule has 3 rings (SSSR count). The minimum Gasteiger partial charge on any atom is -0.357 e. The topological polar surface area (TPSA) is 54.9 Å². The number of rotatable bonds is 6. The van der Waals surface area contributed by atoms with Gasteiger partial charge in [-0.15, -0.1) is 10.2 Å². The Hall–Kier alpha value is -1.40. The van der Waals surface area contributed by atoms with Crippen LogP contribution in [-0.2, 0) is 0 Å². The Balaban J connectivity index is 1.67. The number of nitrogens with one attached hydrogen (secondary N) is 1. The number of aromatic nitrogens is 2. The molecule has 22 heavy (non-hydrogen) atoms. The zero-order valence-electron chi connectivity index (χ0n) is 12.9. The standard InChI is InChI=1S/C16H19N3OS2/c1-9-4-5-10(2)13(8-9)14(20)11(3)21-16-19-18-15(22-16)17-12-6-7-12/h4-5,8,11-12H,6-7H2,1-3H3,(H,17,18)/t11-/m1/s1. The first-order valence-corrected chi connectivity index (χ1v) is 9.10. The van der Waals surface area contributed by atoms with Crippen molar-refractivity contribution in [3.05, 3.63) is 34.9 Å². The number of ketones is 1. The van der Waals surface area contributed by atoms with Crippen molar-refractivity contribution in [1.29, 1.82) is 0 Å². The molecule has 0 saturated heterocycles. The number of aryl methyl sites for hydroxylation is 2. The van der Waals surface area contributed by atoms with Gasteiger partial charge in [0.2, 0.25) is 5.13 Å². The number of nitrogens with zero attached hydrogens (tertiary/aromatic N) is 2. The van der Waals surface area contributed by atoms with Crippen molar-refractivity contribution in [2.45, 2.75) is 49.2 Å². The van der Waals surface area contributed by atoms with E-state index in [0.717, 1.165) is 26.2 Å². The van der Waals surface area contributed by atoms with E-state index in [9.17, 15) is 4.79 Å². The number of carbonyl (C=O) groups excluding carboxylic acids is 1. The first-order valence-electron chi connectivity index (χ1n) is 7.41. The van der Waals surface area contributed by atoms with Crippen LogP contribution in [-0.4, -0.2) is 27.3 Å². The van der Waals surface area contributed by atoms with Crippen molar-refractivity contribution >= 4 is 34.0 Å². The summed E-state index contributed by atoms with van der Waals surface area (Å²) < 4.78 is 0.842. The fourth-order valence-corrected chi connectivity index (χ4v) is 4.18. The third-order valence-corrected chi connectivity index (χ3v) is 5.66. The van der Waals surface area contributed by atoms with Crippen LogP contribution in [0.25, 0.3) is 0 Å². The lowest BCUT2D eigenvalue weighted by Crippen LogP contribution is -2.15. The van der Waals surface area contributed by atoms with Crippen LogP contribution < -0.4 is 5.32 Å². The molecule has 0 radical (unpaired) electrons. The molecule has 6 heteroatoms. The van der Waals surface area contributed by atoms with Gasteiger partial charge in [0.1, 0.15) is 0 Å². The molecule has 1 atom stereocenters. The zero-order chi connectivity index (χ0) is 15.7. The maximum atomic E-state index is 12.6. The second-order valence-electron chi connectivity index (χ2n) is 5.73. The van der Waals surface area contributed by atoms with Crippen LogP contribution in [0.2, 0.25) is 0 Å². The maximum absolute atomic E-state index is 12.6. The Morgan fingerprint density at radius 1 is 1.36 bits per heavy atom. The van der Waals surface area contributed by atoms with Crippen LogP contribution in [0.4, 0.5) is 5.13 Å². The summed E-state index contributed by atoms with van der Waals surface area (Å²) in [5, 5.41) is 12.3. The molecule has 0 unspecified atom stereocenters. The van der Waals surface area contributed by atoms with E-state index in [1.807, 2.05) is 39.0 Å². The largest absolute Gasteiger partial charge is 0.357 e. The molecule has 0 aliphatic heterocycles. The molecule has 2 aromatic rings. The Morgan fingerprint density at radius 3 is 2.86 bits per heavy atom. The molecule has 0 amide bonds. The van der Waals surface area contributed by atoms with E-state index in [2.05, 4.69) is 15.5 Å². The summed E-state index contributed by atoms with van der Waals surface area (Å²) in [4.78, 5) is 12.6. The Kier molecular flexibility index (Phi) is 4.49. The molecule has 0 bridgehead atoms. The molecule has 1 N–H and O–H groups in total. The first kappa shape index (κ1) is 15.5. The summed E-state index contributed by atoms with van der Waals surface area (Å²) in [7, 11) is 0. The summed E-state index contributed by atoms with van der Waals surface area (Å²) in [6, 6.07) is 6.57. The molecule has 4 nitrogen and oxygen atoms in total. The van der Waals surface area contributed by atoms with E-state index in [-0.39, 0.29) is 11.0 Å². The zero-order valence-corrected chi connectivity index (χ0v) is 14.6. The molecule has 1 aromatic carbocycles. The highest BCUT2D eigenvalue weighted by Crippen LogP contribution is 2.33. The van der Waals surface area contributed by atoms with Crippen molar-refractivity contribution < 1.29 is 4.79 Å². The third-order valence-electron chi connectivity index (χ3n) is 3.62. The van der Waals surface area contributed by atoms with E-state index in [1.165, 1.54) is 35.9 Å². The number of hydrogen-bond acceptors (Lipinski definition) is 6. The minimum atomic E-state index is -0.165. The molecular weight excluding hydrogens is 314 g/mol. The number of thioether (sulfide) groups is 1. The number of hydrogen-bond donors (Lipinski definition) is 1. The molecule has 0 spiro atoms. The predicted molar refractivity (Wildman–Crippen MR) is 92.1 cm³/mol. The van der Waals surface area contributed by atoms with Crippen LogP contribution in [0.15, 0.2) is 22.5 Å². The van der Waals surface area contributed by atoms with Crippen LogP contribution in [0.3, 0.4) is 0 Å². The molecule has 116 valence electrons. The summed E-state index contributed by atoms with van der Waals surface area (Å²) >= 11 is 3.01. The Morgan fingerprint density at radius 2 is 2.14 bits per heavy atom. The summed E-state index contributed by atoms with van der Waals surface area (Å²) in [5.74, 6) is 0.151. The van der Waals surface area contributed by atoms with E-state index in [1.54, 1.807) is 0 Å². The van der Waals surface area contributed by atoms with Gasteiger partial charge in [0.05, 0.1) is 5.25 Å². The minimum absolute atomic E-state index is 0.151. The van der Waals surface area contributed by atoms with Crippen molar-refractivity contribution in [1.82, 2.24) is 10.2 Å². The van der Waals surface area contributed by atoms with Crippen LogP contribution in [0.5, 0.6) is 0 Å². The van der Waals surface area contributed by atoms with Gasteiger partial charge in [-0.1, -0.05) is 40.8 Å². The second-order valence-corrected chi connectivity index (χ2v) is 8.30. The van der Waals surface area contributed by atoms with Crippen molar-refractivity contribution in [2.75, 3.05) is 5.32 Å². The van der Waals surface area contributed by atoms with E-state index < -0.39 is 0 Å². The Labute approximate surface area is 138 Å². The molecule has 1 fully saturated rings. The van der Waals surface area contributed by atoms with Gasteiger partial charge >= 0.3 is 0 Å². The lowest BCUT2D eigenvalue weighted by molar-refractivity contribution is 0.0993. The predicted octanol–water partition coefficient (Wildman–Crippen LogP) is 4.09. The van der Waals surface area contributed by atoms with E-state index in [0.29, 0.717) is 6.04 Å². The maximum Gasteiger partial charge on any atom is 0.206 e. The monoisotopic (exact) mass is 333 g/mol. The van der Waals surface area contributed by atoms with Crippen LogP contribution >= 0.6 is 23.1 Å². The quantitative estimate of drug-likeness (QED) is 0.637. The molecule has 1 saturated carbocycles. The summed E-state index contributed by atoms with van der Waals surface area (Å²) in [6.45, 7) is 5.92. The summed E-state index contributed by atoms with van der Waals surface area (Å²) in [5.41, 5.74) is 2.94. The first-order chi connectivity index (χ1) is 10.5. The number of carbonyl (C=O) groups is 1. The highest BCUT2D eigenvalue weighted by atomic mass is 32.2. The van der Waals surface area contributed by atoms with Gasteiger partial charge in [-0.05, 0) is 45.2 Å². The average Bonchev–Trinajstić information content (AvgIpc) is 3.19. The van der Waals surface area contributed by atoms with Crippen molar-refractivity contribution in [3.63, 3.8) is 0 Å². The van der Waals surface area contributed by atoms with Crippen LogP contribution in [0, 0.1) is 13.8 Å². The van der Waals surface area contributed by atoms with E-state index in [4.69, 9.17) is 0 Å². The van der Waals surface area contributed by atoms with Gasteiger partial charge in [0.15, 0.2) is 10.1 Å². The molecule has 1 heterocycles. The van der Waals surface area contributed by atoms with Crippen molar-refractivity contribution in [2.24, 2.45) is 0 Å². The fourth-order valence-electron chi connectivity index (χ4n) is 2.14. The summed E-state index contributed by atoms with van der Waals surface area (Å²) in [6.07, 6.45) is 2.42. The highest BCUT2D eigenvalue weighted by Gasteiger charge is 2.24. The third kappa shape index (κ3) is 3.67. The van der Waals surface area contributed by atoms with Gasteiger partial charge < -0.3 is 5.32 Å². The normalized spacial score (nSPS) is 15.6. The molecule has 1 aliphatic carbocycles. The smallest absolute Gasteiger partial charge is 0.206 e. The highest BCUT2D eigenvalue weighted by molar-refractivity contribution is 8.02. The van der Waals surface area contributed by atoms with Gasteiger partial charge in [-0.3, -0.25) is 4.79 Å². The molecular formula is C16H19N3OS2. The number of Topliss-reactive ketones (excluding diaryl/α,β-unsaturated/α-hetero) is 1. The van der Waals surface area contributed by atoms with Gasteiger partial charge in [-0.2, -0.15) is 0 Å². The number of anilines is 1.